The van der Waals surface area contributed by atoms with Crippen LogP contribution in [0.3, 0.4) is 0 Å². The Kier molecular flexibility index (Phi) is 8.19. The largest absolute Gasteiger partial charge is 0.426 e. The van der Waals surface area contributed by atoms with Gasteiger partial charge in [-0.1, -0.05) is 24.0 Å². The Balaban J connectivity index is 1.51. The predicted molar refractivity (Wildman–Crippen MR) is 111 cm³/mol. The minimum absolute atomic E-state index is 0.234. The minimum Gasteiger partial charge on any atom is -0.384 e. The van der Waals surface area contributed by atoms with Gasteiger partial charge in [-0.25, -0.2) is 4.39 Å². The molecule has 0 N–H and O–H groups in total. The highest BCUT2D eigenvalue weighted by atomic mass is 19.4. The summed E-state index contributed by atoms with van der Waals surface area (Å²) in [5, 5.41) is 0. The molecule has 0 aliphatic heterocycles. The summed E-state index contributed by atoms with van der Waals surface area (Å²) in [6, 6.07) is 4.09. The van der Waals surface area contributed by atoms with Crippen molar-refractivity contribution in [2.24, 2.45) is 23.7 Å². The molecule has 0 saturated heterocycles. The summed E-state index contributed by atoms with van der Waals surface area (Å²) in [5.74, 6) is 3.93. The highest BCUT2D eigenvalue weighted by molar-refractivity contribution is 5.38. The molecule has 0 heterocycles. The maximum absolute atomic E-state index is 13.8. The number of ether oxygens (including phenoxy) is 1. The third kappa shape index (κ3) is 6.21. The zero-order valence-electron chi connectivity index (χ0n) is 18.2. The van der Waals surface area contributed by atoms with E-state index in [2.05, 4.69) is 11.8 Å². The van der Waals surface area contributed by atoms with Gasteiger partial charge in [0.25, 0.3) is 6.17 Å². The van der Waals surface area contributed by atoms with E-state index in [1.165, 1.54) is 37.8 Å². The van der Waals surface area contributed by atoms with Gasteiger partial charge in [-0.05, 0) is 81.3 Å². The summed E-state index contributed by atoms with van der Waals surface area (Å²) in [6.45, 7) is 0.852. The van der Waals surface area contributed by atoms with Crippen LogP contribution in [0, 0.1) is 35.5 Å². The Hall–Kier alpha value is -1.68. The molecule has 1 atom stereocenters. The average molecular weight is 461 g/mol. The fraction of sp³-hybridized carbons (Fsp3) is 0.680. The van der Waals surface area contributed by atoms with E-state index in [4.69, 9.17) is 4.74 Å². The van der Waals surface area contributed by atoms with Gasteiger partial charge in [-0.15, -0.1) is 0 Å². The number of benzene rings is 1. The van der Waals surface area contributed by atoms with E-state index in [-0.39, 0.29) is 5.92 Å². The third-order valence-electron chi connectivity index (χ3n) is 7.03. The zero-order valence-corrected chi connectivity index (χ0v) is 18.2. The third-order valence-corrected chi connectivity index (χ3v) is 7.03. The van der Waals surface area contributed by atoms with Gasteiger partial charge in [0.15, 0.2) is 0 Å². The van der Waals surface area contributed by atoms with E-state index >= 15 is 0 Å². The molecule has 3 rings (SSSR count). The summed E-state index contributed by atoms with van der Waals surface area (Å²) in [6.07, 6.45) is -0.582. The molecule has 32 heavy (non-hydrogen) atoms. The molecule has 0 aromatic heterocycles. The Bertz CT molecular complexity index is 775. The molecule has 178 valence electrons. The summed E-state index contributed by atoms with van der Waals surface area (Å²) < 4.78 is 83.0. The number of rotatable bonds is 5. The average Bonchev–Trinajstić information content (AvgIpc) is 2.78. The molecule has 2 aliphatic rings. The lowest BCUT2D eigenvalue weighted by atomic mass is 9.69. The van der Waals surface area contributed by atoms with Crippen LogP contribution >= 0.6 is 0 Å². The van der Waals surface area contributed by atoms with Crippen LogP contribution in [0.25, 0.3) is 0 Å². The molecule has 1 unspecified atom stereocenters. The topological polar surface area (TPSA) is 9.23 Å². The van der Waals surface area contributed by atoms with Crippen molar-refractivity contribution < 1.29 is 31.1 Å². The van der Waals surface area contributed by atoms with Crippen molar-refractivity contribution in [2.45, 2.75) is 69.6 Å². The molecule has 2 saturated carbocycles. The van der Waals surface area contributed by atoms with E-state index in [0.29, 0.717) is 11.5 Å². The molecular formula is C25H30F6O. The lowest BCUT2D eigenvalue weighted by Crippen LogP contribution is -2.39. The first kappa shape index (κ1) is 25.0. The van der Waals surface area contributed by atoms with E-state index in [0.717, 1.165) is 56.3 Å². The molecule has 1 aromatic rings. The molecule has 1 aromatic carbocycles. The minimum atomic E-state index is -5.62. The number of halogens is 6. The lowest BCUT2D eigenvalue weighted by Gasteiger charge is -2.36. The molecule has 0 spiro atoms. The Morgan fingerprint density at radius 2 is 1.41 bits per heavy atom. The zero-order chi connectivity index (χ0) is 23.4. The van der Waals surface area contributed by atoms with Crippen molar-refractivity contribution in [3.05, 3.63) is 35.4 Å². The van der Waals surface area contributed by atoms with Crippen molar-refractivity contribution in [3.63, 3.8) is 0 Å². The van der Waals surface area contributed by atoms with Gasteiger partial charge in [0, 0.05) is 30.8 Å². The molecular weight excluding hydrogens is 430 g/mol. The molecule has 7 heteroatoms. The van der Waals surface area contributed by atoms with Crippen molar-refractivity contribution in [2.75, 3.05) is 13.7 Å². The van der Waals surface area contributed by atoms with Crippen LogP contribution < -0.4 is 0 Å². The first-order chi connectivity index (χ1) is 15.1. The summed E-state index contributed by atoms with van der Waals surface area (Å²) in [5.41, 5.74) is -0.570. The highest BCUT2D eigenvalue weighted by Gasteiger charge is 2.57. The normalized spacial score (nSPS) is 28.0. The van der Waals surface area contributed by atoms with Crippen LogP contribution in [-0.2, 0) is 10.7 Å². The second kappa shape index (κ2) is 10.5. The maximum atomic E-state index is 13.8. The van der Waals surface area contributed by atoms with E-state index in [1.807, 2.05) is 0 Å². The van der Waals surface area contributed by atoms with Crippen LogP contribution in [0.4, 0.5) is 26.3 Å². The lowest BCUT2D eigenvalue weighted by molar-refractivity contribution is -0.248. The van der Waals surface area contributed by atoms with Crippen molar-refractivity contribution in [1.82, 2.24) is 0 Å². The van der Waals surface area contributed by atoms with Gasteiger partial charge in [-0.3, -0.25) is 0 Å². The Morgan fingerprint density at radius 3 is 1.91 bits per heavy atom. The maximum Gasteiger partial charge on any atom is 0.426 e. The standard InChI is InChI=1S/C25H30F6O/c1-32-16-19-6-12-21(13-7-19)20-10-4-17(5-11-20)2-3-18-8-14-22(15-9-18)24(27,28)23(26)25(29,30)31/h8-9,14-15,17,19-21,23H,4-7,10-13,16H2,1H3. The second-order valence-electron chi connectivity index (χ2n) is 9.22. The Labute approximate surface area is 185 Å². The van der Waals surface area contributed by atoms with E-state index in [1.54, 1.807) is 7.11 Å². The number of hydrogen-bond donors (Lipinski definition) is 0. The van der Waals surface area contributed by atoms with Gasteiger partial charge in [0.05, 0.1) is 0 Å². The number of hydrogen-bond acceptors (Lipinski definition) is 1. The van der Waals surface area contributed by atoms with Gasteiger partial charge in [0.1, 0.15) is 0 Å². The van der Waals surface area contributed by atoms with Crippen LogP contribution in [-0.4, -0.2) is 26.1 Å². The van der Waals surface area contributed by atoms with E-state index in [9.17, 15) is 26.3 Å². The quantitative estimate of drug-likeness (QED) is 0.331. The summed E-state index contributed by atoms with van der Waals surface area (Å²) in [4.78, 5) is 0. The first-order valence-corrected chi connectivity index (χ1v) is 11.3. The predicted octanol–water partition coefficient (Wildman–Crippen LogP) is 7.29. The molecule has 1 nitrogen and oxygen atoms in total. The fourth-order valence-corrected chi connectivity index (χ4v) is 5.11. The summed E-state index contributed by atoms with van der Waals surface area (Å²) in [7, 11) is 1.76. The summed E-state index contributed by atoms with van der Waals surface area (Å²) >= 11 is 0. The molecule has 0 radical (unpaired) electrons. The van der Waals surface area contributed by atoms with Crippen LogP contribution in [0.2, 0.25) is 0 Å². The second-order valence-corrected chi connectivity index (χ2v) is 9.22. The highest BCUT2D eigenvalue weighted by Crippen LogP contribution is 2.42. The van der Waals surface area contributed by atoms with Crippen LogP contribution in [0.5, 0.6) is 0 Å². The van der Waals surface area contributed by atoms with Crippen LogP contribution in [0.1, 0.15) is 62.5 Å². The Morgan fingerprint density at radius 1 is 0.875 bits per heavy atom. The molecule has 2 fully saturated rings. The van der Waals surface area contributed by atoms with Gasteiger partial charge < -0.3 is 4.74 Å². The van der Waals surface area contributed by atoms with E-state index < -0.39 is 23.8 Å². The molecule has 0 amide bonds. The smallest absolute Gasteiger partial charge is 0.384 e. The van der Waals surface area contributed by atoms with Gasteiger partial charge in [0.2, 0.25) is 0 Å². The van der Waals surface area contributed by atoms with Crippen molar-refractivity contribution in [1.29, 1.82) is 0 Å². The van der Waals surface area contributed by atoms with Crippen LogP contribution in [0.15, 0.2) is 24.3 Å². The van der Waals surface area contributed by atoms with Crippen molar-refractivity contribution in [3.8, 4) is 11.8 Å². The molecule has 0 bridgehead atoms. The number of methoxy groups -OCH3 is 1. The first-order valence-electron chi connectivity index (χ1n) is 11.3. The fourth-order valence-electron chi connectivity index (χ4n) is 5.11. The van der Waals surface area contributed by atoms with Gasteiger partial charge in [-0.2, -0.15) is 22.0 Å². The number of alkyl halides is 6. The van der Waals surface area contributed by atoms with Gasteiger partial charge >= 0.3 is 12.1 Å². The SMILES string of the molecule is COCC1CCC(C2CCC(C#Cc3ccc(C(F)(F)C(F)C(F)(F)F)cc3)CC2)CC1. The van der Waals surface area contributed by atoms with Crippen molar-refractivity contribution >= 4 is 0 Å². The monoisotopic (exact) mass is 460 g/mol. The molecule has 2 aliphatic carbocycles.